The van der Waals surface area contributed by atoms with Gasteiger partial charge in [0, 0.05) is 6.04 Å². The summed E-state index contributed by atoms with van der Waals surface area (Å²) in [5.74, 6) is 2.68. The number of aryl methyl sites for hydroxylation is 1. The zero-order chi connectivity index (χ0) is 14.7. The van der Waals surface area contributed by atoms with E-state index in [-0.39, 0.29) is 0 Å². The van der Waals surface area contributed by atoms with E-state index < -0.39 is 0 Å². The lowest BCUT2D eigenvalue weighted by molar-refractivity contribution is 0.218. The highest BCUT2D eigenvalue weighted by molar-refractivity contribution is 5.34. The minimum atomic E-state index is 0.536. The molecule has 1 aromatic heterocycles. The topological polar surface area (TPSA) is 38.5 Å². The van der Waals surface area contributed by atoms with Crippen molar-refractivity contribution >= 4 is 0 Å². The third-order valence-corrected chi connectivity index (χ3v) is 4.15. The highest BCUT2D eigenvalue weighted by Gasteiger charge is 2.26. The third-order valence-electron chi connectivity index (χ3n) is 4.15. The SMILES string of the molecule is COc1ccccc1C[C@H]1CCCN1Cc1ncc(C)o1. The number of ether oxygens (including phenoxy) is 1. The highest BCUT2D eigenvalue weighted by Crippen LogP contribution is 2.27. The normalized spacial score (nSPS) is 19.0. The van der Waals surface area contributed by atoms with E-state index in [4.69, 9.17) is 9.15 Å². The molecule has 1 aromatic carbocycles. The summed E-state index contributed by atoms with van der Waals surface area (Å²) >= 11 is 0. The van der Waals surface area contributed by atoms with Crippen LogP contribution in [0.4, 0.5) is 0 Å². The van der Waals surface area contributed by atoms with E-state index in [1.165, 1.54) is 18.4 Å². The van der Waals surface area contributed by atoms with Gasteiger partial charge in [-0.15, -0.1) is 0 Å². The molecule has 0 unspecified atom stereocenters. The number of rotatable bonds is 5. The Labute approximate surface area is 125 Å². The number of aromatic nitrogens is 1. The fourth-order valence-electron chi connectivity index (χ4n) is 3.11. The van der Waals surface area contributed by atoms with E-state index in [1.54, 1.807) is 13.3 Å². The largest absolute Gasteiger partial charge is 0.496 e. The molecule has 3 rings (SSSR count). The van der Waals surface area contributed by atoms with Crippen LogP contribution in [0.15, 0.2) is 34.9 Å². The Morgan fingerprint density at radius 2 is 2.24 bits per heavy atom. The van der Waals surface area contributed by atoms with Crippen LogP contribution in [0, 0.1) is 6.92 Å². The molecule has 21 heavy (non-hydrogen) atoms. The maximum atomic E-state index is 5.61. The summed E-state index contributed by atoms with van der Waals surface area (Å²) in [6, 6.07) is 8.82. The quantitative estimate of drug-likeness (QED) is 0.846. The number of nitrogens with zero attached hydrogens (tertiary/aromatic N) is 2. The Hall–Kier alpha value is -1.81. The Balaban J connectivity index is 1.69. The van der Waals surface area contributed by atoms with E-state index in [1.807, 2.05) is 19.1 Å². The lowest BCUT2D eigenvalue weighted by Crippen LogP contribution is -2.30. The molecule has 2 heterocycles. The van der Waals surface area contributed by atoms with Crippen molar-refractivity contribution in [2.24, 2.45) is 0 Å². The smallest absolute Gasteiger partial charge is 0.208 e. The first-order valence-electron chi connectivity index (χ1n) is 7.53. The Kier molecular flexibility index (Phi) is 4.25. The molecule has 112 valence electrons. The number of likely N-dealkylation sites (tertiary alicyclic amines) is 1. The van der Waals surface area contributed by atoms with Gasteiger partial charge in [0.1, 0.15) is 11.5 Å². The van der Waals surface area contributed by atoms with Crippen molar-refractivity contribution in [1.29, 1.82) is 0 Å². The molecule has 0 amide bonds. The predicted octanol–water partition coefficient (Wildman–Crippen LogP) is 3.20. The van der Waals surface area contributed by atoms with Crippen LogP contribution in [0.1, 0.15) is 30.1 Å². The van der Waals surface area contributed by atoms with Crippen LogP contribution in [0.3, 0.4) is 0 Å². The van der Waals surface area contributed by atoms with E-state index in [0.717, 1.165) is 36.9 Å². The van der Waals surface area contributed by atoms with Gasteiger partial charge in [0.2, 0.25) is 5.89 Å². The molecule has 1 aliphatic heterocycles. The zero-order valence-electron chi connectivity index (χ0n) is 12.7. The van der Waals surface area contributed by atoms with Crippen LogP contribution in [-0.2, 0) is 13.0 Å². The standard InChI is InChI=1S/C17H22N2O2/c1-13-11-18-17(21-13)12-19-9-5-7-15(19)10-14-6-3-4-8-16(14)20-2/h3-4,6,8,11,15H,5,7,9-10,12H2,1-2H3/t15-/m1/s1. The number of hydrogen-bond donors (Lipinski definition) is 0. The minimum absolute atomic E-state index is 0.536. The predicted molar refractivity (Wildman–Crippen MR) is 81.4 cm³/mol. The number of oxazole rings is 1. The molecule has 0 radical (unpaired) electrons. The van der Waals surface area contributed by atoms with Gasteiger partial charge in [0.05, 0.1) is 19.9 Å². The molecule has 1 aliphatic rings. The lowest BCUT2D eigenvalue weighted by atomic mass is 10.0. The Morgan fingerprint density at radius 3 is 3.00 bits per heavy atom. The number of benzene rings is 1. The van der Waals surface area contributed by atoms with Crippen LogP contribution >= 0.6 is 0 Å². The first-order chi connectivity index (χ1) is 10.3. The van der Waals surface area contributed by atoms with Gasteiger partial charge in [-0.3, -0.25) is 4.90 Å². The highest BCUT2D eigenvalue weighted by atomic mass is 16.5. The van der Waals surface area contributed by atoms with Crippen LogP contribution in [0.2, 0.25) is 0 Å². The van der Waals surface area contributed by atoms with Crippen molar-refractivity contribution in [2.75, 3.05) is 13.7 Å². The summed E-state index contributed by atoms with van der Waals surface area (Å²) in [5, 5.41) is 0. The summed E-state index contributed by atoms with van der Waals surface area (Å²) in [6.45, 7) is 3.85. The number of para-hydroxylation sites is 1. The van der Waals surface area contributed by atoms with Gasteiger partial charge >= 0.3 is 0 Å². The van der Waals surface area contributed by atoms with Crippen LogP contribution in [0.25, 0.3) is 0 Å². The second-order valence-electron chi connectivity index (χ2n) is 5.65. The molecule has 0 N–H and O–H groups in total. The lowest BCUT2D eigenvalue weighted by Gasteiger charge is -2.23. The molecule has 1 fully saturated rings. The molecule has 4 heteroatoms. The van der Waals surface area contributed by atoms with Crippen molar-refractivity contribution in [1.82, 2.24) is 9.88 Å². The number of hydrogen-bond acceptors (Lipinski definition) is 4. The van der Waals surface area contributed by atoms with Gasteiger partial charge in [-0.05, 0) is 44.4 Å². The number of methoxy groups -OCH3 is 1. The van der Waals surface area contributed by atoms with Gasteiger partial charge in [-0.25, -0.2) is 4.98 Å². The molecule has 1 atom stereocenters. The van der Waals surface area contributed by atoms with Crippen LogP contribution in [-0.4, -0.2) is 29.6 Å². The molecule has 0 bridgehead atoms. The van der Waals surface area contributed by atoms with Crippen molar-refractivity contribution in [3.8, 4) is 5.75 Å². The summed E-state index contributed by atoms with van der Waals surface area (Å²) in [5.41, 5.74) is 1.28. The van der Waals surface area contributed by atoms with E-state index >= 15 is 0 Å². The molecule has 2 aromatic rings. The molecular weight excluding hydrogens is 264 g/mol. The van der Waals surface area contributed by atoms with Gasteiger partial charge in [0.15, 0.2) is 0 Å². The Bertz CT molecular complexity index is 594. The summed E-state index contributed by atoms with van der Waals surface area (Å²) < 4.78 is 11.1. The van der Waals surface area contributed by atoms with Crippen LogP contribution < -0.4 is 4.74 Å². The minimum Gasteiger partial charge on any atom is -0.496 e. The van der Waals surface area contributed by atoms with E-state index in [2.05, 4.69) is 22.0 Å². The maximum absolute atomic E-state index is 5.61. The summed E-state index contributed by atoms with van der Waals surface area (Å²) in [6.07, 6.45) is 5.27. The summed E-state index contributed by atoms with van der Waals surface area (Å²) in [7, 11) is 1.74. The van der Waals surface area contributed by atoms with Gasteiger partial charge in [0.25, 0.3) is 0 Å². The van der Waals surface area contributed by atoms with E-state index in [9.17, 15) is 0 Å². The first kappa shape index (κ1) is 14.1. The Morgan fingerprint density at radius 1 is 1.38 bits per heavy atom. The van der Waals surface area contributed by atoms with Crippen molar-refractivity contribution in [3.05, 3.63) is 47.7 Å². The second-order valence-corrected chi connectivity index (χ2v) is 5.65. The fourth-order valence-corrected chi connectivity index (χ4v) is 3.11. The van der Waals surface area contributed by atoms with Crippen molar-refractivity contribution in [3.63, 3.8) is 0 Å². The van der Waals surface area contributed by atoms with Gasteiger partial charge < -0.3 is 9.15 Å². The molecular formula is C17H22N2O2. The molecule has 0 aliphatic carbocycles. The summed E-state index contributed by atoms with van der Waals surface area (Å²) in [4.78, 5) is 6.79. The van der Waals surface area contributed by atoms with E-state index in [0.29, 0.717) is 6.04 Å². The molecule has 4 nitrogen and oxygen atoms in total. The van der Waals surface area contributed by atoms with Crippen LogP contribution in [0.5, 0.6) is 5.75 Å². The average Bonchev–Trinajstić information content (AvgIpc) is 3.10. The molecule has 1 saturated heterocycles. The second kappa shape index (κ2) is 6.31. The van der Waals surface area contributed by atoms with Gasteiger partial charge in [-0.2, -0.15) is 0 Å². The fraction of sp³-hybridized carbons (Fsp3) is 0.471. The first-order valence-corrected chi connectivity index (χ1v) is 7.53. The van der Waals surface area contributed by atoms with Crippen molar-refractivity contribution in [2.45, 2.75) is 38.8 Å². The zero-order valence-corrected chi connectivity index (χ0v) is 12.7. The molecule has 0 saturated carbocycles. The maximum Gasteiger partial charge on any atom is 0.208 e. The van der Waals surface area contributed by atoms with Crippen molar-refractivity contribution < 1.29 is 9.15 Å². The third kappa shape index (κ3) is 3.27. The van der Waals surface area contributed by atoms with Gasteiger partial charge in [-0.1, -0.05) is 18.2 Å². The average molecular weight is 286 g/mol. The molecule has 0 spiro atoms. The monoisotopic (exact) mass is 286 g/mol.